The van der Waals surface area contributed by atoms with Gasteiger partial charge in [0.1, 0.15) is 0 Å². The van der Waals surface area contributed by atoms with Gasteiger partial charge in [0.2, 0.25) is 0 Å². The smallest absolute Gasteiger partial charge is 0.0730 e. The van der Waals surface area contributed by atoms with E-state index in [-0.39, 0.29) is 5.41 Å². The zero-order valence-electron chi connectivity index (χ0n) is 7.31. The zero-order chi connectivity index (χ0) is 8.04. The Labute approximate surface area is 63.7 Å². The second kappa shape index (κ2) is 4.69. The highest BCUT2D eigenvalue weighted by atomic mass is 16.6. The van der Waals surface area contributed by atoms with Crippen LogP contribution in [0.3, 0.4) is 0 Å². The van der Waals surface area contributed by atoms with Crippen LogP contribution in [-0.2, 0) is 4.84 Å². The monoisotopic (exact) mass is 145 g/mol. The molecule has 10 heavy (non-hydrogen) atoms. The first-order chi connectivity index (χ1) is 4.62. The lowest BCUT2D eigenvalue weighted by molar-refractivity contribution is 0.0570. The lowest BCUT2D eigenvalue weighted by Gasteiger charge is -2.22. The van der Waals surface area contributed by atoms with Gasteiger partial charge < -0.3 is 4.84 Å². The maximum atomic E-state index is 4.99. The Morgan fingerprint density at radius 3 is 2.40 bits per heavy atom. The molecule has 0 radical (unpaired) electrons. The molecule has 0 aliphatic carbocycles. The molecule has 0 saturated heterocycles. The molecule has 0 amide bonds. The highest BCUT2D eigenvalue weighted by molar-refractivity contribution is 4.66. The van der Waals surface area contributed by atoms with E-state index in [4.69, 9.17) is 5.90 Å². The van der Waals surface area contributed by atoms with Crippen molar-refractivity contribution in [2.75, 3.05) is 6.61 Å². The molecule has 0 aliphatic rings. The van der Waals surface area contributed by atoms with Gasteiger partial charge in [-0.05, 0) is 11.8 Å². The van der Waals surface area contributed by atoms with Gasteiger partial charge in [-0.2, -0.15) is 0 Å². The number of rotatable bonds is 5. The summed E-state index contributed by atoms with van der Waals surface area (Å²) in [4.78, 5) is 4.60. The average molecular weight is 145 g/mol. The molecule has 0 unspecified atom stereocenters. The molecular weight excluding hydrogens is 126 g/mol. The maximum Gasteiger partial charge on any atom is 0.0730 e. The van der Waals surface area contributed by atoms with Gasteiger partial charge in [0.05, 0.1) is 6.61 Å². The van der Waals surface area contributed by atoms with Crippen molar-refractivity contribution >= 4 is 0 Å². The Kier molecular flexibility index (Phi) is 4.65. The largest absolute Gasteiger partial charge is 0.304 e. The molecule has 2 nitrogen and oxygen atoms in total. The lowest BCUT2D eigenvalue weighted by atomic mass is 9.88. The number of hydrogen-bond donors (Lipinski definition) is 1. The van der Waals surface area contributed by atoms with Crippen molar-refractivity contribution in [3.8, 4) is 0 Å². The Bertz CT molecular complexity index is 81.3. The molecule has 2 heteroatoms. The Hall–Kier alpha value is -0.0800. The first-order valence-corrected chi connectivity index (χ1v) is 3.94. The van der Waals surface area contributed by atoms with Crippen LogP contribution in [-0.4, -0.2) is 6.61 Å². The molecular formula is C8H19NO. The van der Waals surface area contributed by atoms with Gasteiger partial charge in [0.15, 0.2) is 0 Å². The summed E-state index contributed by atoms with van der Waals surface area (Å²) >= 11 is 0. The standard InChI is InChI=1S/C8H19NO/c1-4-5-6-8(2,3)7-10-9/h4-7,9H2,1-3H3. The van der Waals surface area contributed by atoms with E-state index in [0.717, 1.165) is 0 Å². The fourth-order valence-corrected chi connectivity index (χ4v) is 0.953. The van der Waals surface area contributed by atoms with Gasteiger partial charge in [-0.1, -0.05) is 33.6 Å². The summed E-state index contributed by atoms with van der Waals surface area (Å²) in [6.45, 7) is 7.21. The predicted octanol–water partition coefficient (Wildman–Crippen LogP) is 2.09. The Morgan fingerprint density at radius 2 is 2.00 bits per heavy atom. The normalized spacial score (nSPS) is 12.0. The number of nitrogens with two attached hydrogens (primary N) is 1. The number of hydrogen-bond acceptors (Lipinski definition) is 2. The topological polar surface area (TPSA) is 35.2 Å². The quantitative estimate of drug-likeness (QED) is 0.601. The van der Waals surface area contributed by atoms with Crippen LogP contribution < -0.4 is 5.90 Å². The highest BCUT2D eigenvalue weighted by Gasteiger charge is 2.16. The summed E-state index contributed by atoms with van der Waals surface area (Å²) < 4.78 is 0. The van der Waals surface area contributed by atoms with Crippen LogP contribution in [0.2, 0.25) is 0 Å². The first kappa shape index (κ1) is 9.92. The minimum absolute atomic E-state index is 0.255. The third kappa shape index (κ3) is 4.77. The fraction of sp³-hybridized carbons (Fsp3) is 1.00. The lowest BCUT2D eigenvalue weighted by Crippen LogP contribution is -2.21. The van der Waals surface area contributed by atoms with E-state index in [9.17, 15) is 0 Å². The molecule has 0 heterocycles. The van der Waals surface area contributed by atoms with Crippen LogP contribution in [0.4, 0.5) is 0 Å². The van der Waals surface area contributed by atoms with Crippen molar-refractivity contribution in [3.63, 3.8) is 0 Å². The third-order valence-corrected chi connectivity index (χ3v) is 1.68. The first-order valence-electron chi connectivity index (χ1n) is 3.94. The van der Waals surface area contributed by atoms with E-state index in [0.29, 0.717) is 6.61 Å². The highest BCUT2D eigenvalue weighted by Crippen LogP contribution is 2.22. The van der Waals surface area contributed by atoms with Crippen LogP contribution >= 0.6 is 0 Å². The molecule has 0 aromatic carbocycles. The molecule has 0 aliphatic heterocycles. The fourth-order valence-electron chi connectivity index (χ4n) is 0.953. The van der Waals surface area contributed by atoms with Gasteiger partial charge in [-0.3, -0.25) is 0 Å². The van der Waals surface area contributed by atoms with Gasteiger partial charge in [0, 0.05) is 0 Å². The van der Waals surface area contributed by atoms with Crippen molar-refractivity contribution in [1.82, 2.24) is 0 Å². The van der Waals surface area contributed by atoms with Crippen molar-refractivity contribution in [2.24, 2.45) is 11.3 Å². The van der Waals surface area contributed by atoms with E-state index in [1.54, 1.807) is 0 Å². The Morgan fingerprint density at radius 1 is 1.40 bits per heavy atom. The van der Waals surface area contributed by atoms with Crippen molar-refractivity contribution in [2.45, 2.75) is 40.0 Å². The summed E-state index contributed by atoms with van der Waals surface area (Å²) in [5.74, 6) is 4.99. The third-order valence-electron chi connectivity index (χ3n) is 1.68. The molecule has 2 N–H and O–H groups in total. The van der Waals surface area contributed by atoms with Crippen LogP contribution in [0.25, 0.3) is 0 Å². The van der Waals surface area contributed by atoms with E-state index in [2.05, 4.69) is 25.6 Å². The Balaban J connectivity index is 3.42. The second-order valence-electron chi connectivity index (χ2n) is 3.58. The molecule has 62 valence electrons. The molecule has 0 bridgehead atoms. The van der Waals surface area contributed by atoms with E-state index >= 15 is 0 Å². The molecule has 0 atom stereocenters. The summed E-state index contributed by atoms with van der Waals surface area (Å²) in [6, 6.07) is 0. The summed E-state index contributed by atoms with van der Waals surface area (Å²) in [6.07, 6.45) is 3.70. The number of unbranched alkanes of at least 4 members (excludes halogenated alkanes) is 1. The molecule has 0 saturated carbocycles. The van der Waals surface area contributed by atoms with Gasteiger partial charge in [-0.15, -0.1) is 0 Å². The van der Waals surface area contributed by atoms with Crippen molar-refractivity contribution in [3.05, 3.63) is 0 Å². The minimum Gasteiger partial charge on any atom is -0.304 e. The summed E-state index contributed by atoms with van der Waals surface area (Å²) in [7, 11) is 0. The molecule has 0 aromatic rings. The van der Waals surface area contributed by atoms with Gasteiger partial charge >= 0.3 is 0 Å². The van der Waals surface area contributed by atoms with E-state index < -0.39 is 0 Å². The molecule has 0 spiro atoms. The SMILES string of the molecule is CCCCC(C)(C)CON. The van der Waals surface area contributed by atoms with Gasteiger partial charge in [-0.25, -0.2) is 5.90 Å². The zero-order valence-corrected chi connectivity index (χ0v) is 7.31. The summed E-state index contributed by atoms with van der Waals surface area (Å²) in [5, 5.41) is 0. The van der Waals surface area contributed by atoms with Crippen LogP contribution in [0.5, 0.6) is 0 Å². The molecule has 0 aromatic heterocycles. The average Bonchev–Trinajstić information content (AvgIpc) is 1.84. The summed E-state index contributed by atoms with van der Waals surface area (Å²) in [5.41, 5.74) is 0.255. The van der Waals surface area contributed by atoms with Gasteiger partial charge in [0.25, 0.3) is 0 Å². The van der Waals surface area contributed by atoms with E-state index in [1.165, 1.54) is 19.3 Å². The second-order valence-corrected chi connectivity index (χ2v) is 3.58. The molecule has 0 rings (SSSR count). The van der Waals surface area contributed by atoms with Crippen molar-refractivity contribution < 1.29 is 4.84 Å². The molecule has 0 fully saturated rings. The minimum atomic E-state index is 0.255. The predicted molar refractivity (Wildman–Crippen MR) is 43.4 cm³/mol. The van der Waals surface area contributed by atoms with Crippen LogP contribution in [0, 0.1) is 5.41 Å². The van der Waals surface area contributed by atoms with Crippen molar-refractivity contribution in [1.29, 1.82) is 0 Å². The van der Waals surface area contributed by atoms with Crippen LogP contribution in [0.1, 0.15) is 40.0 Å². The van der Waals surface area contributed by atoms with Crippen LogP contribution in [0.15, 0.2) is 0 Å². The van der Waals surface area contributed by atoms with E-state index in [1.807, 2.05) is 0 Å². The maximum absolute atomic E-state index is 4.99.